The van der Waals surface area contributed by atoms with E-state index in [1.807, 2.05) is 0 Å². The second kappa shape index (κ2) is 6.04. The lowest BCUT2D eigenvalue weighted by atomic mass is 10.0. The van der Waals surface area contributed by atoms with Gasteiger partial charge in [-0.1, -0.05) is 35.3 Å². The first-order valence-corrected chi connectivity index (χ1v) is 6.64. The van der Waals surface area contributed by atoms with Gasteiger partial charge in [0.25, 0.3) is 0 Å². The fourth-order valence-corrected chi connectivity index (χ4v) is 2.45. The van der Waals surface area contributed by atoms with E-state index in [9.17, 15) is 8.78 Å². The molecule has 1 aromatic carbocycles. The Labute approximate surface area is 125 Å². The Bertz CT molecular complexity index is 647. The minimum Gasteiger partial charge on any atom is -0.308 e. The van der Waals surface area contributed by atoms with E-state index in [1.54, 1.807) is 7.05 Å². The van der Waals surface area contributed by atoms with Crippen molar-refractivity contribution in [2.24, 2.45) is 0 Å². The van der Waals surface area contributed by atoms with Gasteiger partial charge in [0.2, 0.25) is 0 Å². The third-order valence-electron chi connectivity index (χ3n) is 3.01. The summed E-state index contributed by atoms with van der Waals surface area (Å²) in [6, 6.07) is 3.89. The lowest BCUT2D eigenvalue weighted by molar-refractivity contribution is 0.481. The lowest BCUT2D eigenvalue weighted by Gasteiger charge is -2.19. The molecule has 6 heteroatoms. The number of benzene rings is 1. The summed E-state index contributed by atoms with van der Waals surface area (Å²) >= 11 is 11.9. The molecular formula is C14H12Cl2F2N2. The molecule has 1 unspecified atom stereocenters. The van der Waals surface area contributed by atoms with Crippen molar-refractivity contribution in [1.29, 1.82) is 0 Å². The van der Waals surface area contributed by atoms with E-state index in [2.05, 4.69) is 10.3 Å². The quantitative estimate of drug-likeness (QED) is 0.914. The van der Waals surface area contributed by atoms with Crippen molar-refractivity contribution in [3.8, 4) is 0 Å². The monoisotopic (exact) mass is 316 g/mol. The zero-order valence-electron chi connectivity index (χ0n) is 10.8. The zero-order chi connectivity index (χ0) is 14.9. The van der Waals surface area contributed by atoms with Gasteiger partial charge in [-0.3, -0.25) is 4.98 Å². The van der Waals surface area contributed by atoms with Gasteiger partial charge in [-0.25, -0.2) is 8.78 Å². The van der Waals surface area contributed by atoms with Gasteiger partial charge in [-0.15, -0.1) is 0 Å². The Hall–Kier alpha value is -1.23. The molecule has 1 atom stereocenters. The van der Waals surface area contributed by atoms with Crippen molar-refractivity contribution in [3.63, 3.8) is 0 Å². The molecule has 1 N–H and O–H groups in total. The summed E-state index contributed by atoms with van der Waals surface area (Å²) in [5.74, 6) is -1.77. The summed E-state index contributed by atoms with van der Waals surface area (Å²) in [7, 11) is 1.62. The SMILES string of the molecule is CNC(c1ccc(C)c(F)c1F)c1ncc(Cl)cc1Cl. The van der Waals surface area contributed by atoms with Gasteiger partial charge in [0.1, 0.15) is 0 Å². The molecule has 0 spiro atoms. The Kier molecular flexibility index (Phi) is 4.58. The van der Waals surface area contributed by atoms with E-state index < -0.39 is 17.7 Å². The number of aromatic nitrogens is 1. The van der Waals surface area contributed by atoms with Gasteiger partial charge in [0, 0.05) is 11.8 Å². The van der Waals surface area contributed by atoms with Crippen LogP contribution in [0.2, 0.25) is 10.0 Å². The highest BCUT2D eigenvalue weighted by Gasteiger charge is 2.23. The van der Waals surface area contributed by atoms with E-state index in [-0.39, 0.29) is 16.1 Å². The molecule has 106 valence electrons. The molecule has 0 fully saturated rings. The summed E-state index contributed by atoms with van der Waals surface area (Å²) in [5.41, 5.74) is 0.782. The topological polar surface area (TPSA) is 24.9 Å². The van der Waals surface area contributed by atoms with E-state index in [0.717, 1.165) is 0 Å². The van der Waals surface area contributed by atoms with Gasteiger partial charge in [-0.05, 0) is 25.6 Å². The van der Waals surface area contributed by atoms with Crippen molar-refractivity contribution in [2.75, 3.05) is 7.05 Å². The summed E-state index contributed by atoms with van der Waals surface area (Å²) < 4.78 is 27.8. The van der Waals surface area contributed by atoms with Crippen LogP contribution in [0.4, 0.5) is 8.78 Å². The number of nitrogens with one attached hydrogen (secondary N) is 1. The maximum absolute atomic E-state index is 14.1. The molecule has 2 aromatic rings. The molecule has 0 radical (unpaired) electrons. The average molecular weight is 317 g/mol. The molecule has 0 saturated heterocycles. The highest BCUT2D eigenvalue weighted by molar-refractivity contribution is 6.34. The van der Waals surface area contributed by atoms with Gasteiger partial charge < -0.3 is 5.32 Å². The highest BCUT2D eigenvalue weighted by Crippen LogP contribution is 2.30. The van der Waals surface area contributed by atoms with Crippen molar-refractivity contribution in [1.82, 2.24) is 10.3 Å². The Morgan fingerprint density at radius 3 is 2.50 bits per heavy atom. The third kappa shape index (κ3) is 2.77. The minimum absolute atomic E-state index is 0.146. The predicted molar refractivity (Wildman–Crippen MR) is 76.3 cm³/mol. The highest BCUT2D eigenvalue weighted by atomic mass is 35.5. The van der Waals surface area contributed by atoms with Crippen molar-refractivity contribution >= 4 is 23.2 Å². The van der Waals surface area contributed by atoms with E-state index in [1.165, 1.54) is 31.3 Å². The molecule has 0 aliphatic carbocycles. The number of hydrogen-bond donors (Lipinski definition) is 1. The first kappa shape index (κ1) is 15.2. The Morgan fingerprint density at radius 1 is 1.20 bits per heavy atom. The van der Waals surface area contributed by atoms with Crippen LogP contribution in [0.15, 0.2) is 24.4 Å². The summed E-state index contributed by atoms with van der Waals surface area (Å²) in [6.07, 6.45) is 1.41. The molecule has 1 heterocycles. The molecule has 0 aliphatic rings. The van der Waals surface area contributed by atoms with Crippen LogP contribution in [0.25, 0.3) is 0 Å². The van der Waals surface area contributed by atoms with E-state index in [4.69, 9.17) is 23.2 Å². The second-order valence-corrected chi connectivity index (χ2v) is 5.19. The first-order valence-electron chi connectivity index (χ1n) is 5.88. The molecule has 20 heavy (non-hydrogen) atoms. The van der Waals surface area contributed by atoms with E-state index in [0.29, 0.717) is 10.7 Å². The number of aryl methyl sites for hydroxylation is 1. The van der Waals surface area contributed by atoms with Crippen molar-refractivity contribution in [3.05, 3.63) is 62.9 Å². The smallest absolute Gasteiger partial charge is 0.164 e. The molecular weight excluding hydrogens is 305 g/mol. The van der Waals surface area contributed by atoms with E-state index >= 15 is 0 Å². The van der Waals surface area contributed by atoms with Crippen LogP contribution >= 0.6 is 23.2 Å². The summed E-state index contributed by atoms with van der Waals surface area (Å²) in [4.78, 5) is 4.10. The first-order chi connectivity index (χ1) is 9.45. The van der Waals surface area contributed by atoms with Crippen LogP contribution in [0.1, 0.15) is 22.9 Å². The van der Waals surface area contributed by atoms with Crippen LogP contribution in [0.5, 0.6) is 0 Å². The predicted octanol–water partition coefficient (Wildman–Crippen LogP) is 4.28. The molecule has 0 saturated carbocycles. The third-order valence-corrected chi connectivity index (χ3v) is 3.52. The number of rotatable bonds is 3. The van der Waals surface area contributed by atoms with Gasteiger partial charge >= 0.3 is 0 Å². The van der Waals surface area contributed by atoms with Crippen molar-refractivity contribution in [2.45, 2.75) is 13.0 Å². The normalized spacial score (nSPS) is 12.5. The molecule has 0 amide bonds. The maximum Gasteiger partial charge on any atom is 0.164 e. The standard InChI is InChI=1S/C14H12Cl2F2N2/c1-7-3-4-9(12(18)11(7)17)13(19-2)14-10(16)5-8(15)6-20-14/h3-6,13,19H,1-2H3. The summed E-state index contributed by atoms with van der Waals surface area (Å²) in [5, 5.41) is 3.55. The van der Waals surface area contributed by atoms with Gasteiger partial charge in [-0.2, -0.15) is 0 Å². The van der Waals surface area contributed by atoms with Crippen LogP contribution in [-0.4, -0.2) is 12.0 Å². The molecule has 2 nitrogen and oxygen atoms in total. The molecule has 0 aliphatic heterocycles. The molecule has 1 aromatic heterocycles. The zero-order valence-corrected chi connectivity index (χ0v) is 12.4. The number of hydrogen-bond acceptors (Lipinski definition) is 2. The minimum atomic E-state index is -0.905. The van der Waals surface area contributed by atoms with Crippen LogP contribution in [0.3, 0.4) is 0 Å². The fourth-order valence-electron chi connectivity index (χ4n) is 1.96. The van der Waals surface area contributed by atoms with Gasteiger partial charge in [0.05, 0.1) is 21.8 Å². The van der Waals surface area contributed by atoms with Crippen LogP contribution in [0, 0.1) is 18.6 Å². The number of pyridine rings is 1. The number of nitrogens with zero attached hydrogens (tertiary/aromatic N) is 1. The van der Waals surface area contributed by atoms with Crippen LogP contribution in [-0.2, 0) is 0 Å². The molecule has 2 rings (SSSR count). The summed E-state index contributed by atoms with van der Waals surface area (Å²) in [6.45, 7) is 1.50. The lowest BCUT2D eigenvalue weighted by Crippen LogP contribution is -2.21. The fraction of sp³-hybridized carbons (Fsp3) is 0.214. The number of halogens is 4. The molecule has 0 bridgehead atoms. The van der Waals surface area contributed by atoms with Gasteiger partial charge in [0.15, 0.2) is 11.6 Å². The van der Waals surface area contributed by atoms with Crippen LogP contribution < -0.4 is 5.32 Å². The maximum atomic E-state index is 14.1. The van der Waals surface area contributed by atoms with Crippen molar-refractivity contribution < 1.29 is 8.78 Å². The Morgan fingerprint density at radius 2 is 1.90 bits per heavy atom. The largest absolute Gasteiger partial charge is 0.308 e. The Balaban J connectivity index is 2.55. The average Bonchev–Trinajstić information content (AvgIpc) is 2.41. The second-order valence-electron chi connectivity index (χ2n) is 4.34.